The van der Waals surface area contributed by atoms with Crippen LogP contribution in [-0.2, 0) is 0 Å². The molecule has 0 unspecified atom stereocenters. The van der Waals surface area contributed by atoms with Crippen LogP contribution in [0.15, 0.2) is 5.16 Å². The Hall–Kier alpha value is -0.880. The van der Waals surface area contributed by atoms with Crippen LogP contribution in [0.3, 0.4) is 0 Å². The first-order valence-electron chi connectivity index (χ1n) is 2.99. The van der Waals surface area contributed by atoms with Crippen LogP contribution in [0.4, 0.5) is 5.95 Å². The molecular weight excluding hydrogens is 162 g/mol. The number of nitrogens with one attached hydrogen (secondary N) is 1. The number of aromatic nitrogens is 3. The summed E-state index contributed by atoms with van der Waals surface area (Å²) in [6.45, 7) is 1.79. The van der Waals surface area contributed by atoms with E-state index in [1.807, 2.05) is 6.26 Å². The van der Waals surface area contributed by atoms with Gasteiger partial charge in [0.2, 0.25) is 5.95 Å². The van der Waals surface area contributed by atoms with Gasteiger partial charge in [0.05, 0.1) is 0 Å². The van der Waals surface area contributed by atoms with Gasteiger partial charge in [-0.25, -0.2) is 10.8 Å². The maximum atomic E-state index is 5.13. The number of nitrogens with zero attached hydrogens (tertiary/aromatic N) is 3. The Morgan fingerprint density at radius 3 is 2.64 bits per heavy atom. The number of hydrogen-bond donors (Lipinski definition) is 2. The first-order chi connectivity index (χ1) is 5.26. The molecule has 11 heavy (non-hydrogen) atoms. The van der Waals surface area contributed by atoms with Crippen molar-refractivity contribution in [3.8, 4) is 0 Å². The molecule has 60 valence electrons. The lowest BCUT2D eigenvalue weighted by molar-refractivity contribution is 0.860. The molecular formula is C5H9N5S. The summed E-state index contributed by atoms with van der Waals surface area (Å²) in [6, 6.07) is 0. The Balaban J connectivity index is 3.02. The van der Waals surface area contributed by atoms with Gasteiger partial charge in [-0.2, -0.15) is 9.97 Å². The van der Waals surface area contributed by atoms with E-state index >= 15 is 0 Å². The normalized spacial score (nSPS) is 9.73. The van der Waals surface area contributed by atoms with Crippen molar-refractivity contribution in [2.24, 2.45) is 5.84 Å². The molecule has 0 aliphatic rings. The lowest BCUT2D eigenvalue weighted by Gasteiger charge is -2.00. The summed E-state index contributed by atoms with van der Waals surface area (Å²) in [5.74, 6) is 6.20. The van der Waals surface area contributed by atoms with Crippen LogP contribution in [0.2, 0.25) is 0 Å². The van der Waals surface area contributed by atoms with Gasteiger partial charge in [0.1, 0.15) is 5.82 Å². The standard InChI is InChI=1S/C5H9N5S/c1-3-7-4(10-6)9-5(8-3)11-2/h6H2,1-2H3,(H,7,8,9,10). The van der Waals surface area contributed by atoms with Crippen molar-refractivity contribution in [3.63, 3.8) is 0 Å². The van der Waals surface area contributed by atoms with Crippen molar-refractivity contribution in [1.82, 2.24) is 15.0 Å². The molecule has 1 aromatic heterocycles. The lowest BCUT2D eigenvalue weighted by Crippen LogP contribution is -2.12. The van der Waals surface area contributed by atoms with Crippen LogP contribution in [0, 0.1) is 6.92 Å². The molecule has 0 aliphatic carbocycles. The molecule has 3 N–H and O–H groups in total. The lowest BCUT2D eigenvalue weighted by atomic mass is 10.7. The summed E-state index contributed by atoms with van der Waals surface area (Å²) in [4.78, 5) is 11.9. The number of nitrogen functional groups attached to an aromatic ring is 1. The van der Waals surface area contributed by atoms with E-state index in [2.05, 4.69) is 20.4 Å². The third-order valence-corrected chi connectivity index (χ3v) is 1.59. The zero-order chi connectivity index (χ0) is 8.27. The van der Waals surface area contributed by atoms with Crippen molar-refractivity contribution in [3.05, 3.63) is 5.82 Å². The predicted molar refractivity (Wildman–Crippen MR) is 44.2 cm³/mol. The average molecular weight is 171 g/mol. The minimum Gasteiger partial charge on any atom is -0.292 e. The Bertz CT molecular complexity index is 228. The van der Waals surface area contributed by atoms with E-state index in [4.69, 9.17) is 5.84 Å². The molecule has 0 bridgehead atoms. The highest BCUT2D eigenvalue weighted by atomic mass is 32.2. The van der Waals surface area contributed by atoms with Crippen LogP contribution in [-0.4, -0.2) is 21.2 Å². The zero-order valence-electron chi connectivity index (χ0n) is 6.33. The molecule has 0 amide bonds. The first kappa shape index (κ1) is 8.22. The number of nitrogens with two attached hydrogens (primary N) is 1. The van der Waals surface area contributed by atoms with Crippen LogP contribution < -0.4 is 11.3 Å². The monoisotopic (exact) mass is 171 g/mol. The second kappa shape index (κ2) is 3.49. The predicted octanol–water partition coefficient (Wildman–Crippen LogP) is 0.188. The van der Waals surface area contributed by atoms with E-state index in [1.165, 1.54) is 11.8 Å². The quantitative estimate of drug-likeness (QED) is 0.376. The molecule has 0 saturated carbocycles. The topological polar surface area (TPSA) is 76.7 Å². The molecule has 0 saturated heterocycles. The van der Waals surface area contributed by atoms with Gasteiger partial charge in [0.15, 0.2) is 5.16 Å². The van der Waals surface area contributed by atoms with Crippen molar-refractivity contribution < 1.29 is 0 Å². The maximum absolute atomic E-state index is 5.13. The Morgan fingerprint density at radius 1 is 1.36 bits per heavy atom. The largest absolute Gasteiger partial charge is 0.292 e. The number of aryl methyl sites for hydroxylation is 1. The summed E-state index contributed by atoms with van der Waals surface area (Å²) in [6.07, 6.45) is 1.90. The number of rotatable bonds is 2. The van der Waals surface area contributed by atoms with Gasteiger partial charge in [-0.1, -0.05) is 11.8 Å². The van der Waals surface area contributed by atoms with Crippen molar-refractivity contribution in [2.75, 3.05) is 11.7 Å². The number of hydrazine groups is 1. The Morgan fingerprint density at radius 2 is 2.09 bits per heavy atom. The fraction of sp³-hybridized carbons (Fsp3) is 0.400. The fourth-order valence-corrected chi connectivity index (χ4v) is 1.01. The molecule has 1 heterocycles. The van der Waals surface area contributed by atoms with E-state index in [0.29, 0.717) is 16.9 Å². The van der Waals surface area contributed by atoms with Gasteiger partial charge >= 0.3 is 0 Å². The Kier molecular flexibility index (Phi) is 2.61. The highest BCUT2D eigenvalue weighted by molar-refractivity contribution is 7.98. The second-order valence-electron chi connectivity index (χ2n) is 1.84. The van der Waals surface area contributed by atoms with Crippen LogP contribution in [0.1, 0.15) is 5.82 Å². The van der Waals surface area contributed by atoms with Crippen LogP contribution in [0.25, 0.3) is 0 Å². The molecule has 0 spiro atoms. The zero-order valence-corrected chi connectivity index (χ0v) is 7.14. The van der Waals surface area contributed by atoms with E-state index in [0.717, 1.165) is 0 Å². The third-order valence-electron chi connectivity index (χ3n) is 1.04. The summed E-state index contributed by atoms with van der Waals surface area (Å²) >= 11 is 1.45. The minimum absolute atomic E-state index is 0.404. The highest BCUT2D eigenvalue weighted by Gasteiger charge is 1.99. The molecule has 6 heteroatoms. The van der Waals surface area contributed by atoms with Crippen LogP contribution >= 0.6 is 11.8 Å². The van der Waals surface area contributed by atoms with Gasteiger partial charge < -0.3 is 0 Å². The SMILES string of the molecule is CSc1nc(C)nc(NN)n1. The van der Waals surface area contributed by atoms with Gasteiger partial charge in [0, 0.05) is 0 Å². The molecule has 5 nitrogen and oxygen atoms in total. The van der Waals surface area contributed by atoms with E-state index in [1.54, 1.807) is 6.92 Å². The maximum Gasteiger partial charge on any atom is 0.241 e. The Labute approximate surface area is 68.8 Å². The van der Waals surface area contributed by atoms with Gasteiger partial charge in [0.25, 0.3) is 0 Å². The van der Waals surface area contributed by atoms with Gasteiger partial charge in [-0.05, 0) is 13.2 Å². The van der Waals surface area contributed by atoms with Crippen LogP contribution in [0.5, 0.6) is 0 Å². The van der Waals surface area contributed by atoms with E-state index < -0.39 is 0 Å². The average Bonchev–Trinajstić information content (AvgIpc) is 2.03. The second-order valence-corrected chi connectivity index (χ2v) is 2.61. The van der Waals surface area contributed by atoms with E-state index in [-0.39, 0.29) is 0 Å². The summed E-state index contributed by atoms with van der Waals surface area (Å²) in [5.41, 5.74) is 2.37. The smallest absolute Gasteiger partial charge is 0.241 e. The highest BCUT2D eigenvalue weighted by Crippen LogP contribution is 2.09. The number of anilines is 1. The summed E-state index contributed by atoms with van der Waals surface area (Å²) < 4.78 is 0. The van der Waals surface area contributed by atoms with Gasteiger partial charge in [-0.3, -0.25) is 5.43 Å². The molecule has 1 aromatic rings. The molecule has 0 atom stereocenters. The molecule has 0 aliphatic heterocycles. The summed E-state index contributed by atoms with van der Waals surface area (Å²) in [7, 11) is 0. The van der Waals surface area contributed by atoms with Crippen molar-refractivity contribution in [2.45, 2.75) is 12.1 Å². The molecule has 0 aromatic carbocycles. The molecule has 1 rings (SSSR count). The third kappa shape index (κ3) is 2.02. The van der Waals surface area contributed by atoms with E-state index in [9.17, 15) is 0 Å². The molecule has 0 fully saturated rings. The minimum atomic E-state index is 0.404. The number of thioether (sulfide) groups is 1. The van der Waals surface area contributed by atoms with Crippen molar-refractivity contribution >= 4 is 17.7 Å². The van der Waals surface area contributed by atoms with Crippen molar-refractivity contribution in [1.29, 1.82) is 0 Å². The molecule has 0 radical (unpaired) electrons. The first-order valence-corrected chi connectivity index (χ1v) is 4.22. The number of hydrogen-bond acceptors (Lipinski definition) is 6. The van der Waals surface area contributed by atoms with Gasteiger partial charge in [-0.15, -0.1) is 0 Å². The fourth-order valence-electron chi connectivity index (χ4n) is 0.613. The summed E-state index contributed by atoms with van der Waals surface area (Å²) in [5, 5.41) is 0.672.